The molecule has 0 fully saturated rings. The maximum Gasteiger partial charge on any atom is 0.573 e. The van der Waals surface area contributed by atoms with E-state index in [1.54, 1.807) is 6.92 Å². The van der Waals surface area contributed by atoms with Gasteiger partial charge in [0.1, 0.15) is 40.6 Å². The van der Waals surface area contributed by atoms with Crippen molar-refractivity contribution in [1.29, 1.82) is 0 Å². The van der Waals surface area contributed by atoms with Crippen molar-refractivity contribution in [1.82, 2.24) is 4.98 Å². The number of carbonyl (C=O) groups is 1. The molecular formula is C22H13B3F6N2O5. The van der Waals surface area contributed by atoms with Crippen molar-refractivity contribution in [2.24, 2.45) is 0 Å². The van der Waals surface area contributed by atoms with Gasteiger partial charge in [-0.05, 0) is 48.6 Å². The molecule has 0 unspecified atom stereocenters. The van der Waals surface area contributed by atoms with Crippen molar-refractivity contribution in [3.05, 3.63) is 65.7 Å². The highest BCUT2D eigenvalue weighted by Gasteiger charge is 2.32. The smallest absolute Gasteiger partial charge is 0.512 e. The van der Waals surface area contributed by atoms with Crippen LogP contribution in [0, 0.1) is 12.7 Å². The van der Waals surface area contributed by atoms with Crippen molar-refractivity contribution in [3.63, 3.8) is 0 Å². The maximum atomic E-state index is 15.2. The van der Waals surface area contributed by atoms with Crippen LogP contribution < -0.4 is 24.3 Å². The average molecular weight is 532 g/mol. The van der Waals surface area contributed by atoms with E-state index >= 15 is 4.39 Å². The molecule has 1 N–H and O–H groups in total. The normalized spacial score (nSPS) is 11.7. The molecule has 192 valence electrons. The van der Waals surface area contributed by atoms with E-state index < -0.39 is 64.3 Å². The standard InChI is InChI=1S/C22H13B3F6N2O5/c1-10-8-11(6-7-32-10)33-19(34)17-14(4-5-15(18(17)26)36-20(27)28)35-13-3-2-12(37-22(29,30)31)9-16(13)38-21(23,24)25/h2-9,20H,1H3,(H,32,33,34). The van der Waals surface area contributed by atoms with E-state index in [0.29, 0.717) is 11.8 Å². The Labute approximate surface area is 215 Å². The number of halogens is 6. The summed E-state index contributed by atoms with van der Waals surface area (Å²) in [6.45, 7) is -1.81. The number of carbonyl (C=O) groups excluding carboxylic acids is 1. The Hall–Kier alpha value is -3.97. The Morgan fingerprint density at radius 1 is 0.947 bits per heavy atom. The molecule has 1 amide bonds. The summed E-state index contributed by atoms with van der Waals surface area (Å²) in [6.07, 6.45) is -3.73. The van der Waals surface area contributed by atoms with Crippen LogP contribution >= 0.6 is 0 Å². The summed E-state index contributed by atoms with van der Waals surface area (Å²) >= 11 is 0. The molecule has 0 aliphatic heterocycles. The molecule has 7 nitrogen and oxygen atoms in total. The first-order valence-electron chi connectivity index (χ1n) is 10.3. The number of hydrogen-bond acceptors (Lipinski definition) is 6. The summed E-state index contributed by atoms with van der Waals surface area (Å²) in [5.74, 6) is -6.12. The van der Waals surface area contributed by atoms with Crippen LogP contribution in [0.1, 0.15) is 16.1 Å². The number of alkyl halides is 5. The van der Waals surface area contributed by atoms with Crippen LogP contribution in [0.3, 0.4) is 0 Å². The van der Waals surface area contributed by atoms with Crippen molar-refractivity contribution in [3.8, 4) is 28.7 Å². The lowest BCUT2D eigenvalue weighted by molar-refractivity contribution is -0.274. The van der Waals surface area contributed by atoms with Gasteiger partial charge in [-0.15, -0.1) is 13.2 Å². The highest BCUT2D eigenvalue weighted by Crippen LogP contribution is 2.40. The first-order valence-corrected chi connectivity index (χ1v) is 10.3. The van der Waals surface area contributed by atoms with Gasteiger partial charge in [-0.3, -0.25) is 9.78 Å². The first-order chi connectivity index (χ1) is 17.6. The summed E-state index contributed by atoms with van der Waals surface area (Å²) in [7, 11) is 16.1. The molecule has 0 saturated carbocycles. The number of aromatic nitrogens is 1. The molecule has 3 aromatic rings. The summed E-state index contributed by atoms with van der Waals surface area (Å²) in [6, 6.07) is 6.79. The third kappa shape index (κ3) is 8.02. The summed E-state index contributed by atoms with van der Waals surface area (Å²) < 4.78 is 97.1. The van der Waals surface area contributed by atoms with Crippen molar-refractivity contribution >= 4 is 35.1 Å². The summed E-state index contributed by atoms with van der Waals surface area (Å²) in [5.41, 5.74) is -0.241. The van der Waals surface area contributed by atoms with Gasteiger partial charge in [-0.2, -0.15) is 8.78 Å². The van der Waals surface area contributed by atoms with Crippen LogP contribution in [0.5, 0.6) is 28.7 Å². The molecule has 0 atom stereocenters. The zero-order chi connectivity index (χ0) is 28.3. The number of nitrogens with one attached hydrogen (secondary N) is 1. The zero-order valence-electron chi connectivity index (χ0n) is 19.2. The van der Waals surface area contributed by atoms with E-state index in [0.717, 1.165) is 24.3 Å². The van der Waals surface area contributed by atoms with E-state index in [2.05, 4.69) is 19.8 Å². The Bertz CT molecular complexity index is 1320. The van der Waals surface area contributed by atoms with Gasteiger partial charge in [0.25, 0.3) is 5.91 Å². The summed E-state index contributed by atoms with van der Waals surface area (Å²) in [5, 5.41) is -0.0660. The Morgan fingerprint density at radius 2 is 1.61 bits per heavy atom. The number of amides is 1. The topological polar surface area (TPSA) is 78.9 Å². The van der Waals surface area contributed by atoms with Gasteiger partial charge in [0.05, 0.1) is 0 Å². The number of rotatable bonds is 9. The van der Waals surface area contributed by atoms with Crippen molar-refractivity contribution < 1.29 is 50.1 Å². The van der Waals surface area contributed by atoms with Crippen LogP contribution in [0.25, 0.3) is 0 Å². The molecular weight excluding hydrogens is 519 g/mol. The molecule has 3 rings (SSSR count). The van der Waals surface area contributed by atoms with Gasteiger partial charge in [0.2, 0.25) is 0 Å². The van der Waals surface area contributed by atoms with Gasteiger partial charge >= 0.3 is 13.0 Å². The van der Waals surface area contributed by atoms with Gasteiger partial charge in [0, 0.05) is 23.6 Å². The van der Waals surface area contributed by atoms with Crippen LogP contribution in [-0.4, -0.2) is 52.7 Å². The zero-order valence-corrected chi connectivity index (χ0v) is 19.2. The molecule has 16 heteroatoms. The quantitative estimate of drug-likeness (QED) is 0.322. The molecule has 0 aliphatic carbocycles. The highest BCUT2D eigenvalue weighted by molar-refractivity contribution is 6.58. The molecule has 0 aliphatic rings. The minimum Gasteiger partial charge on any atom is -0.512 e. The number of hydrogen-bond donors (Lipinski definition) is 1. The molecule has 1 aromatic heterocycles. The SMILES string of the molecule is [B]C([B])([B])Oc1cc(OC(F)(F)F)ccc1Oc1ccc(OC(F)F)c(F)c1C(=O)Nc1ccnc(C)c1. The van der Waals surface area contributed by atoms with Crippen molar-refractivity contribution in [2.75, 3.05) is 5.32 Å². The molecule has 2 aromatic carbocycles. The second-order valence-electron chi connectivity index (χ2n) is 7.48. The Kier molecular flexibility index (Phi) is 8.43. The number of nitrogens with zero attached hydrogens (tertiary/aromatic N) is 1. The van der Waals surface area contributed by atoms with E-state index in [1.165, 1.54) is 18.3 Å². The van der Waals surface area contributed by atoms with Crippen LogP contribution in [0.4, 0.5) is 32.0 Å². The molecule has 6 radical (unpaired) electrons. The molecule has 0 saturated heterocycles. The highest BCUT2D eigenvalue weighted by atomic mass is 19.4. The van der Waals surface area contributed by atoms with E-state index in [4.69, 9.17) is 33.0 Å². The fourth-order valence-electron chi connectivity index (χ4n) is 3.00. The average Bonchev–Trinajstić information content (AvgIpc) is 2.75. The number of benzene rings is 2. The lowest BCUT2D eigenvalue weighted by atomic mass is 9.52. The van der Waals surface area contributed by atoms with Gasteiger partial charge in [-0.1, -0.05) is 0 Å². The predicted octanol–water partition coefficient (Wildman–Crippen LogP) is 4.57. The number of anilines is 1. The van der Waals surface area contributed by atoms with Crippen molar-refractivity contribution in [2.45, 2.75) is 25.2 Å². The second-order valence-corrected chi connectivity index (χ2v) is 7.48. The fraction of sp³-hybridized carbons (Fsp3) is 0.182. The van der Waals surface area contributed by atoms with E-state index in [-0.39, 0.29) is 5.69 Å². The minimum absolute atomic E-state index is 0.171. The van der Waals surface area contributed by atoms with E-state index in [1.807, 2.05) is 0 Å². The Morgan fingerprint density at radius 3 is 2.21 bits per heavy atom. The van der Waals surface area contributed by atoms with Crippen LogP contribution in [0.15, 0.2) is 48.7 Å². The van der Waals surface area contributed by atoms with Crippen LogP contribution in [0.2, 0.25) is 0 Å². The number of pyridine rings is 1. The third-order valence-corrected chi connectivity index (χ3v) is 4.32. The Balaban J connectivity index is 2.07. The molecule has 0 spiro atoms. The van der Waals surface area contributed by atoms with Gasteiger partial charge in [-0.25, -0.2) is 4.39 Å². The number of aryl methyl sites for hydroxylation is 1. The lowest BCUT2D eigenvalue weighted by Crippen LogP contribution is -2.37. The van der Waals surface area contributed by atoms with Gasteiger partial charge in [0.15, 0.2) is 23.1 Å². The van der Waals surface area contributed by atoms with E-state index in [9.17, 15) is 26.7 Å². The fourth-order valence-corrected chi connectivity index (χ4v) is 3.00. The molecule has 1 heterocycles. The lowest BCUT2D eigenvalue weighted by Gasteiger charge is -2.25. The maximum absolute atomic E-state index is 15.2. The second kappa shape index (κ2) is 11.2. The minimum atomic E-state index is -5.08. The summed E-state index contributed by atoms with van der Waals surface area (Å²) in [4.78, 5) is 16.9. The predicted molar refractivity (Wildman–Crippen MR) is 124 cm³/mol. The molecule has 0 bridgehead atoms. The number of ether oxygens (including phenoxy) is 4. The van der Waals surface area contributed by atoms with Crippen LogP contribution in [-0.2, 0) is 0 Å². The first kappa shape index (κ1) is 28.6. The third-order valence-electron chi connectivity index (χ3n) is 4.32. The monoisotopic (exact) mass is 532 g/mol. The van der Waals surface area contributed by atoms with Gasteiger partial charge < -0.3 is 24.3 Å². The largest absolute Gasteiger partial charge is 0.573 e. The molecule has 38 heavy (non-hydrogen) atoms.